The molecule has 8 heteroatoms. The van der Waals surface area contributed by atoms with Crippen LogP contribution in [0, 0.1) is 5.41 Å². The molecule has 32 heavy (non-hydrogen) atoms. The molecular formula is C24H29N3O4S. The average Bonchev–Trinajstić information content (AvgIpc) is 2.75. The van der Waals surface area contributed by atoms with Crippen LogP contribution in [0.2, 0.25) is 0 Å². The van der Waals surface area contributed by atoms with Crippen LogP contribution in [0.25, 0.3) is 0 Å². The quantitative estimate of drug-likeness (QED) is 0.502. The van der Waals surface area contributed by atoms with E-state index in [9.17, 15) is 19.2 Å². The van der Waals surface area contributed by atoms with Gasteiger partial charge < -0.3 is 16.0 Å². The lowest BCUT2D eigenvalue weighted by atomic mass is 9.91. The van der Waals surface area contributed by atoms with E-state index in [1.165, 1.54) is 11.8 Å². The summed E-state index contributed by atoms with van der Waals surface area (Å²) in [6, 6.07) is 13.6. The van der Waals surface area contributed by atoms with E-state index in [0.717, 1.165) is 0 Å². The standard InChI is InChI=1S/C24H29N3O4S/c1-5-25-22(30)16-9-8-10-17(13-16)27-21(29)15-32-19-12-7-6-11-18(19)23(31)26-14-20(28)24(2,3)4/h6-13H,5,14-15H2,1-4H3,(H,25,30)(H,26,31)(H,27,29). The largest absolute Gasteiger partial charge is 0.352 e. The van der Waals surface area contributed by atoms with Gasteiger partial charge in [0.05, 0.1) is 17.9 Å². The van der Waals surface area contributed by atoms with E-state index in [2.05, 4.69) is 16.0 Å². The van der Waals surface area contributed by atoms with Crippen LogP contribution in [0.3, 0.4) is 0 Å². The molecule has 2 aromatic carbocycles. The average molecular weight is 456 g/mol. The van der Waals surface area contributed by atoms with Crippen molar-refractivity contribution in [2.45, 2.75) is 32.6 Å². The van der Waals surface area contributed by atoms with Gasteiger partial charge in [0.25, 0.3) is 11.8 Å². The summed E-state index contributed by atoms with van der Waals surface area (Å²) in [6.45, 7) is 7.70. The summed E-state index contributed by atoms with van der Waals surface area (Å²) in [5.74, 6) is -0.814. The lowest BCUT2D eigenvalue weighted by molar-refractivity contribution is -0.125. The number of carbonyl (C=O) groups is 4. The molecule has 0 spiro atoms. The summed E-state index contributed by atoms with van der Waals surface area (Å²) >= 11 is 1.22. The van der Waals surface area contributed by atoms with Crippen molar-refractivity contribution in [1.82, 2.24) is 10.6 Å². The van der Waals surface area contributed by atoms with Gasteiger partial charge in [-0.15, -0.1) is 11.8 Å². The van der Waals surface area contributed by atoms with Crippen LogP contribution in [0.5, 0.6) is 0 Å². The smallest absolute Gasteiger partial charge is 0.252 e. The molecule has 0 aliphatic rings. The Labute approximate surface area is 192 Å². The maximum absolute atomic E-state index is 12.6. The number of nitrogens with one attached hydrogen (secondary N) is 3. The second-order valence-corrected chi connectivity index (χ2v) is 9.15. The predicted octanol–water partition coefficient (Wildman–Crippen LogP) is 3.51. The molecule has 0 aromatic heterocycles. The van der Waals surface area contributed by atoms with E-state index in [1.807, 2.05) is 6.92 Å². The first kappa shape index (κ1) is 25.1. The molecule has 2 aromatic rings. The zero-order chi connectivity index (χ0) is 23.7. The van der Waals surface area contributed by atoms with Crippen LogP contribution in [-0.4, -0.2) is 42.3 Å². The first-order valence-electron chi connectivity index (χ1n) is 10.3. The third kappa shape index (κ3) is 7.53. The zero-order valence-electron chi connectivity index (χ0n) is 18.8. The van der Waals surface area contributed by atoms with Gasteiger partial charge in [0, 0.05) is 28.1 Å². The second kappa shape index (κ2) is 11.5. The molecule has 7 nitrogen and oxygen atoms in total. The van der Waals surface area contributed by atoms with E-state index in [-0.39, 0.29) is 35.8 Å². The molecule has 170 valence electrons. The Hall–Kier alpha value is -3.13. The van der Waals surface area contributed by atoms with Gasteiger partial charge in [-0.3, -0.25) is 19.2 Å². The molecule has 0 saturated heterocycles. The van der Waals surface area contributed by atoms with Gasteiger partial charge in [-0.2, -0.15) is 0 Å². The van der Waals surface area contributed by atoms with Crippen molar-refractivity contribution < 1.29 is 19.2 Å². The van der Waals surface area contributed by atoms with E-state index in [0.29, 0.717) is 28.3 Å². The molecule has 0 aliphatic carbocycles. The molecule has 2 rings (SSSR count). The number of anilines is 1. The van der Waals surface area contributed by atoms with Gasteiger partial charge in [0.1, 0.15) is 0 Å². The third-order valence-corrected chi connectivity index (χ3v) is 5.56. The molecule has 0 saturated carbocycles. The molecule has 0 fully saturated rings. The molecule has 0 heterocycles. The zero-order valence-corrected chi connectivity index (χ0v) is 19.6. The highest BCUT2D eigenvalue weighted by Crippen LogP contribution is 2.23. The van der Waals surface area contributed by atoms with Crippen molar-refractivity contribution in [2.24, 2.45) is 5.41 Å². The van der Waals surface area contributed by atoms with E-state index < -0.39 is 5.41 Å². The molecule has 0 unspecified atom stereocenters. The Morgan fingerprint density at radius 2 is 1.62 bits per heavy atom. The fourth-order valence-electron chi connectivity index (χ4n) is 2.64. The van der Waals surface area contributed by atoms with Crippen LogP contribution < -0.4 is 16.0 Å². The molecule has 0 bridgehead atoms. The molecular weight excluding hydrogens is 426 g/mol. The van der Waals surface area contributed by atoms with Gasteiger partial charge in [0.2, 0.25) is 5.91 Å². The normalized spacial score (nSPS) is 10.9. The lowest BCUT2D eigenvalue weighted by Gasteiger charge is -2.17. The first-order valence-corrected chi connectivity index (χ1v) is 11.3. The SMILES string of the molecule is CCNC(=O)c1cccc(NC(=O)CSc2ccccc2C(=O)NCC(=O)C(C)(C)C)c1. The highest BCUT2D eigenvalue weighted by atomic mass is 32.2. The van der Waals surface area contributed by atoms with Crippen LogP contribution >= 0.6 is 11.8 Å². The topological polar surface area (TPSA) is 104 Å². The van der Waals surface area contributed by atoms with Crippen molar-refractivity contribution in [1.29, 1.82) is 0 Å². The Bertz CT molecular complexity index is 999. The number of ketones is 1. The number of hydrogen-bond acceptors (Lipinski definition) is 5. The summed E-state index contributed by atoms with van der Waals surface area (Å²) in [4.78, 5) is 49.7. The Balaban J connectivity index is 1.98. The van der Waals surface area contributed by atoms with Gasteiger partial charge >= 0.3 is 0 Å². The fraction of sp³-hybridized carbons (Fsp3) is 0.333. The minimum atomic E-state index is -0.534. The summed E-state index contributed by atoms with van der Waals surface area (Å²) in [5, 5.41) is 8.15. The minimum absolute atomic E-state index is 0.0518. The van der Waals surface area contributed by atoms with Crippen molar-refractivity contribution in [3.63, 3.8) is 0 Å². The van der Waals surface area contributed by atoms with Crippen molar-refractivity contribution >= 4 is 41.0 Å². The lowest BCUT2D eigenvalue weighted by Crippen LogP contribution is -2.35. The van der Waals surface area contributed by atoms with Gasteiger partial charge in [0.15, 0.2) is 5.78 Å². The van der Waals surface area contributed by atoms with E-state index >= 15 is 0 Å². The van der Waals surface area contributed by atoms with Crippen LogP contribution in [-0.2, 0) is 9.59 Å². The number of amides is 3. The number of thioether (sulfide) groups is 1. The Kier molecular flexibility index (Phi) is 9.02. The summed E-state index contributed by atoms with van der Waals surface area (Å²) in [6.07, 6.45) is 0. The molecule has 0 radical (unpaired) electrons. The van der Waals surface area contributed by atoms with Gasteiger partial charge in [-0.25, -0.2) is 0 Å². The molecule has 3 amide bonds. The minimum Gasteiger partial charge on any atom is -0.352 e. The van der Waals surface area contributed by atoms with Crippen LogP contribution in [0.4, 0.5) is 5.69 Å². The van der Waals surface area contributed by atoms with Crippen molar-refractivity contribution in [3.8, 4) is 0 Å². The highest BCUT2D eigenvalue weighted by Gasteiger charge is 2.22. The van der Waals surface area contributed by atoms with Crippen LogP contribution in [0.1, 0.15) is 48.4 Å². The third-order valence-electron chi connectivity index (χ3n) is 4.48. The molecule has 0 atom stereocenters. The van der Waals surface area contributed by atoms with Gasteiger partial charge in [-0.05, 0) is 37.3 Å². The Morgan fingerprint density at radius 3 is 2.31 bits per heavy atom. The fourth-order valence-corrected chi connectivity index (χ4v) is 3.49. The van der Waals surface area contributed by atoms with Crippen molar-refractivity contribution in [3.05, 3.63) is 59.7 Å². The summed E-state index contributed by atoms with van der Waals surface area (Å²) in [7, 11) is 0. The van der Waals surface area contributed by atoms with E-state index in [1.54, 1.807) is 69.3 Å². The maximum Gasteiger partial charge on any atom is 0.252 e. The molecule has 3 N–H and O–H groups in total. The summed E-state index contributed by atoms with van der Waals surface area (Å²) in [5.41, 5.74) is 0.856. The highest BCUT2D eigenvalue weighted by molar-refractivity contribution is 8.00. The summed E-state index contributed by atoms with van der Waals surface area (Å²) < 4.78 is 0. The Morgan fingerprint density at radius 1 is 0.906 bits per heavy atom. The number of benzene rings is 2. The van der Waals surface area contributed by atoms with Gasteiger partial charge in [-0.1, -0.05) is 39.0 Å². The predicted molar refractivity (Wildman–Crippen MR) is 127 cm³/mol. The monoisotopic (exact) mass is 455 g/mol. The number of hydrogen-bond donors (Lipinski definition) is 3. The maximum atomic E-state index is 12.6. The number of carbonyl (C=O) groups excluding carboxylic acids is 4. The first-order chi connectivity index (χ1) is 15.1. The number of rotatable bonds is 9. The van der Waals surface area contributed by atoms with Crippen LogP contribution in [0.15, 0.2) is 53.4 Å². The van der Waals surface area contributed by atoms with E-state index in [4.69, 9.17) is 0 Å². The molecule has 0 aliphatic heterocycles. The van der Waals surface area contributed by atoms with Crippen molar-refractivity contribution in [2.75, 3.05) is 24.2 Å². The second-order valence-electron chi connectivity index (χ2n) is 8.13. The number of Topliss-reactive ketones (excluding diaryl/α,β-unsaturated/α-hetero) is 1.